The van der Waals surface area contributed by atoms with Gasteiger partial charge in [-0.15, -0.1) is 0 Å². The van der Waals surface area contributed by atoms with E-state index in [2.05, 4.69) is 26.1 Å². The smallest absolute Gasteiger partial charge is 0.254 e. The number of rotatable bonds is 7. The molecule has 4 fully saturated rings. The van der Waals surface area contributed by atoms with Crippen molar-refractivity contribution in [3.05, 3.63) is 62.0 Å². The molecule has 0 bridgehead atoms. The van der Waals surface area contributed by atoms with Gasteiger partial charge >= 0.3 is 0 Å². The molecule has 0 unspecified atom stereocenters. The predicted molar refractivity (Wildman–Crippen MR) is 220 cm³/mol. The van der Waals surface area contributed by atoms with Crippen LogP contribution in [-0.2, 0) is 0 Å². The maximum absolute atomic E-state index is 12.1. The number of carbonyl (C=O) groups is 2. The molecule has 2 aliphatic carbocycles. The average Bonchev–Trinajstić information content (AvgIpc) is 3.13. The van der Waals surface area contributed by atoms with Gasteiger partial charge in [-0.25, -0.2) is 0 Å². The summed E-state index contributed by atoms with van der Waals surface area (Å²) in [5.74, 6) is 3.90. The van der Waals surface area contributed by atoms with Crippen molar-refractivity contribution in [2.75, 3.05) is 59.3 Å². The van der Waals surface area contributed by atoms with Crippen LogP contribution < -0.4 is 10.2 Å². The Kier molecular flexibility index (Phi) is 17.9. The van der Waals surface area contributed by atoms with E-state index in [-0.39, 0.29) is 11.8 Å². The van der Waals surface area contributed by atoms with E-state index in [1.165, 1.54) is 114 Å². The third-order valence-corrected chi connectivity index (χ3v) is 12.5. The maximum Gasteiger partial charge on any atom is 0.254 e. The molecule has 0 aromatic heterocycles. The van der Waals surface area contributed by atoms with Gasteiger partial charge in [0, 0.05) is 51.4 Å². The van der Waals surface area contributed by atoms with Gasteiger partial charge in [0.25, 0.3) is 11.8 Å². The van der Waals surface area contributed by atoms with Crippen LogP contribution in [0.4, 0.5) is 5.69 Å². The zero-order valence-electron chi connectivity index (χ0n) is 31.7. The van der Waals surface area contributed by atoms with E-state index in [0.717, 1.165) is 46.9 Å². The number of halogens is 3. The van der Waals surface area contributed by atoms with Crippen LogP contribution in [-0.4, -0.2) is 76.0 Å². The fourth-order valence-electron chi connectivity index (χ4n) is 8.35. The summed E-state index contributed by atoms with van der Waals surface area (Å²) in [6.07, 6.45) is 23.3. The maximum atomic E-state index is 12.1. The highest BCUT2D eigenvalue weighted by Crippen LogP contribution is 2.35. The Morgan fingerprint density at radius 1 is 0.647 bits per heavy atom. The second kappa shape index (κ2) is 21.8. The molecule has 1 N–H and O–H groups in total. The monoisotopic (exact) mass is 804 g/mol. The Labute approximate surface area is 327 Å². The summed E-state index contributed by atoms with van der Waals surface area (Å²) in [5, 5.41) is 4.47. The van der Waals surface area contributed by atoms with Crippen molar-refractivity contribution in [1.82, 2.24) is 15.1 Å². The Bertz CT molecular complexity index is 1350. The Morgan fingerprint density at radius 2 is 1.08 bits per heavy atom. The number of anilines is 1. The summed E-state index contributed by atoms with van der Waals surface area (Å²) in [5.41, 5.74) is 2.26. The molecule has 2 heterocycles. The number of carbonyl (C=O) groups excluding carboxylic acids is 2. The third kappa shape index (κ3) is 13.8. The zero-order valence-corrected chi connectivity index (χ0v) is 34.8. The lowest BCUT2D eigenvalue weighted by atomic mass is 9.80. The van der Waals surface area contributed by atoms with Gasteiger partial charge in [0.05, 0.1) is 21.2 Å². The van der Waals surface area contributed by atoms with E-state index in [9.17, 15) is 9.59 Å². The number of hydrogen-bond acceptors (Lipinski definition) is 4. The van der Waals surface area contributed by atoms with E-state index in [0.29, 0.717) is 21.2 Å². The van der Waals surface area contributed by atoms with Gasteiger partial charge in [0.1, 0.15) is 0 Å². The first kappa shape index (κ1) is 41.9. The number of nitrogens with zero attached hydrogens (tertiary/aromatic N) is 3. The molecule has 0 radical (unpaired) electrons. The third-order valence-electron chi connectivity index (χ3n) is 11.4. The molecular formula is C42H63BrCl2N4O2. The van der Waals surface area contributed by atoms with E-state index in [1.54, 1.807) is 57.7 Å². The normalized spacial score (nSPS) is 19.3. The summed E-state index contributed by atoms with van der Waals surface area (Å²) in [7, 11) is 6.90. The Balaban J connectivity index is 0.000000189. The fraction of sp³-hybridized carbons (Fsp3) is 0.667. The lowest BCUT2D eigenvalue weighted by molar-refractivity contribution is 0.0820. The number of piperidine rings is 2. The van der Waals surface area contributed by atoms with E-state index in [1.807, 2.05) is 18.2 Å². The molecule has 9 heteroatoms. The van der Waals surface area contributed by atoms with Crippen LogP contribution >= 0.6 is 39.1 Å². The molecule has 2 aliphatic heterocycles. The Hall–Kier alpha value is -1.80. The van der Waals surface area contributed by atoms with E-state index < -0.39 is 0 Å². The van der Waals surface area contributed by atoms with Gasteiger partial charge in [-0.3, -0.25) is 9.59 Å². The quantitative estimate of drug-likeness (QED) is 0.303. The molecule has 6 rings (SSSR count). The minimum Gasteiger partial charge on any atom is -0.371 e. The number of benzene rings is 2. The van der Waals surface area contributed by atoms with Gasteiger partial charge in [-0.05, 0) is 112 Å². The van der Waals surface area contributed by atoms with Crippen molar-refractivity contribution in [2.45, 2.75) is 103 Å². The van der Waals surface area contributed by atoms with Crippen molar-refractivity contribution in [1.29, 1.82) is 0 Å². The number of nitrogens with one attached hydrogen (secondary N) is 1. The van der Waals surface area contributed by atoms with Crippen molar-refractivity contribution in [2.24, 2.45) is 23.7 Å². The zero-order chi connectivity index (χ0) is 36.8. The molecule has 0 atom stereocenters. The minimum atomic E-state index is -0.0856. The van der Waals surface area contributed by atoms with Crippen molar-refractivity contribution < 1.29 is 9.59 Å². The van der Waals surface area contributed by atoms with Crippen LogP contribution in [0.15, 0.2) is 40.9 Å². The summed E-state index contributed by atoms with van der Waals surface area (Å²) in [4.78, 5) is 29.1. The number of amides is 2. The van der Waals surface area contributed by atoms with Crippen LogP contribution in [0.2, 0.25) is 10.0 Å². The second-order valence-electron chi connectivity index (χ2n) is 15.8. The van der Waals surface area contributed by atoms with Crippen molar-refractivity contribution in [3.8, 4) is 0 Å². The van der Waals surface area contributed by atoms with Crippen LogP contribution in [0.1, 0.15) is 123 Å². The molecule has 0 spiro atoms. The minimum absolute atomic E-state index is 0.0391. The molecule has 4 aliphatic rings. The first-order chi connectivity index (χ1) is 24.5. The molecule has 2 saturated heterocycles. The largest absolute Gasteiger partial charge is 0.371 e. The molecule has 2 aromatic carbocycles. The summed E-state index contributed by atoms with van der Waals surface area (Å²) in [6.45, 7) is 4.76. The van der Waals surface area contributed by atoms with Crippen molar-refractivity contribution in [3.63, 3.8) is 0 Å². The highest BCUT2D eigenvalue weighted by atomic mass is 79.9. The highest BCUT2D eigenvalue weighted by molar-refractivity contribution is 9.10. The summed E-state index contributed by atoms with van der Waals surface area (Å²) < 4.78 is 0.868. The van der Waals surface area contributed by atoms with Crippen LogP contribution in [0.25, 0.3) is 0 Å². The topological polar surface area (TPSA) is 55.9 Å². The average molecular weight is 807 g/mol. The molecular weight excluding hydrogens is 743 g/mol. The predicted octanol–water partition coefficient (Wildman–Crippen LogP) is 11.0. The number of hydrogen-bond donors (Lipinski definition) is 1. The van der Waals surface area contributed by atoms with E-state index in [4.69, 9.17) is 23.2 Å². The van der Waals surface area contributed by atoms with Gasteiger partial charge < -0.3 is 20.0 Å². The lowest BCUT2D eigenvalue weighted by Crippen LogP contribution is -2.34. The summed E-state index contributed by atoms with van der Waals surface area (Å²) in [6, 6.07) is 11.1. The van der Waals surface area contributed by atoms with Crippen LogP contribution in [0.5, 0.6) is 0 Å². The van der Waals surface area contributed by atoms with Crippen molar-refractivity contribution >= 4 is 56.6 Å². The molecule has 2 amide bonds. The van der Waals surface area contributed by atoms with Gasteiger partial charge in [0.15, 0.2) is 0 Å². The first-order valence-corrected chi connectivity index (χ1v) is 21.2. The SMILES string of the molecule is C1CCC(CC2CCNCC2)CC1.CN(C)C(=O)c1ccc(Br)cc1Cl.CN(C)C(=O)c1ccc(N2CCC(CC3CCCCC3)CC2)cc1Cl. The molecule has 51 heavy (non-hydrogen) atoms. The van der Waals surface area contributed by atoms with Crippen LogP contribution in [0, 0.1) is 23.7 Å². The molecule has 284 valence electrons. The first-order valence-electron chi connectivity index (χ1n) is 19.6. The molecule has 6 nitrogen and oxygen atoms in total. The molecule has 2 aromatic rings. The fourth-order valence-corrected chi connectivity index (χ4v) is 9.36. The highest BCUT2D eigenvalue weighted by Gasteiger charge is 2.25. The summed E-state index contributed by atoms with van der Waals surface area (Å²) >= 11 is 15.5. The Morgan fingerprint density at radius 3 is 1.53 bits per heavy atom. The molecule has 2 saturated carbocycles. The second-order valence-corrected chi connectivity index (χ2v) is 17.5. The van der Waals surface area contributed by atoms with E-state index >= 15 is 0 Å². The van der Waals surface area contributed by atoms with Gasteiger partial charge in [-0.1, -0.05) is 103 Å². The standard InChI is InChI=1S/C21H31ClN2O.C12H23N.C9H9BrClNO/c1-23(2)21(25)19-9-8-18(15-20(19)22)24-12-10-17(11-13-24)14-16-6-4-3-5-7-16;1-2-4-11(5-3-1)10-12-6-8-13-9-7-12;1-12(2)9(13)7-4-3-6(10)5-8(7)11/h8-9,15-17H,3-7,10-14H2,1-2H3;11-13H,1-10H2;3-5H,1-2H3. The van der Waals surface area contributed by atoms with Gasteiger partial charge in [0.2, 0.25) is 0 Å². The lowest BCUT2D eigenvalue weighted by Gasteiger charge is -2.36. The van der Waals surface area contributed by atoms with Gasteiger partial charge in [-0.2, -0.15) is 0 Å². The van der Waals surface area contributed by atoms with Crippen LogP contribution in [0.3, 0.4) is 0 Å².